The Morgan fingerprint density at radius 1 is 0.326 bits per heavy atom. The molecule has 0 fully saturated rings. The van der Waals surface area contributed by atoms with E-state index in [1.54, 1.807) is 91.0 Å². The molecule has 0 aliphatic rings. The summed E-state index contributed by atoms with van der Waals surface area (Å²) >= 11 is 0. The van der Waals surface area contributed by atoms with E-state index in [0.717, 1.165) is 16.2 Å². The van der Waals surface area contributed by atoms with Crippen molar-refractivity contribution in [3.05, 3.63) is 127 Å². The van der Waals surface area contributed by atoms with E-state index in [2.05, 4.69) is 0 Å². The summed E-state index contributed by atoms with van der Waals surface area (Å²) in [6.07, 6.45) is 0. The predicted molar refractivity (Wildman–Crippen MR) is 167 cm³/mol. The van der Waals surface area contributed by atoms with Crippen LogP contribution in [0.2, 0.25) is 0 Å². The molecule has 13 heteroatoms. The number of fused-ring (bicyclic) bond motifs is 3. The summed E-state index contributed by atoms with van der Waals surface area (Å²) in [5, 5.41) is 4.00. The second-order valence-electron chi connectivity index (χ2n) is 8.86. The van der Waals surface area contributed by atoms with Crippen LogP contribution in [0.25, 0.3) is 32.3 Å². The first-order chi connectivity index (χ1) is 19.8. The van der Waals surface area contributed by atoms with Crippen molar-refractivity contribution in [3.8, 4) is 0 Å². The molecule has 9 nitrogen and oxygen atoms in total. The summed E-state index contributed by atoms with van der Waals surface area (Å²) in [4.78, 5) is -0.137. The molecule has 6 aromatic carbocycles. The standard InChI is InChI=1S/3C10H8O3S.Na/c3*11-14(12,13)10-7-3-5-8-4-1-2-6-9(8)10;/h3*1-7H,(H,11,12,13);. The van der Waals surface area contributed by atoms with Crippen molar-refractivity contribution in [2.45, 2.75) is 14.7 Å². The molecular formula is C30H24NaO9S3. The summed E-state index contributed by atoms with van der Waals surface area (Å²) in [5.74, 6) is 0. The van der Waals surface area contributed by atoms with E-state index in [4.69, 9.17) is 13.7 Å². The first kappa shape index (κ1) is 34.3. The maximum absolute atomic E-state index is 11.0. The minimum Gasteiger partial charge on any atom is -0.282 e. The largest absolute Gasteiger partial charge is 0.295 e. The number of hydrogen-bond acceptors (Lipinski definition) is 6. The van der Waals surface area contributed by atoms with Gasteiger partial charge in [-0.25, -0.2) is 0 Å². The maximum Gasteiger partial charge on any atom is 0.295 e. The van der Waals surface area contributed by atoms with E-state index in [0.29, 0.717) is 16.2 Å². The Bertz CT molecular complexity index is 1960. The fourth-order valence-electron chi connectivity index (χ4n) is 4.26. The smallest absolute Gasteiger partial charge is 0.282 e. The number of hydrogen-bond donors (Lipinski definition) is 3. The van der Waals surface area contributed by atoms with Gasteiger partial charge in [0.15, 0.2) is 0 Å². The summed E-state index contributed by atoms with van der Waals surface area (Å²) in [6.45, 7) is 0. The van der Waals surface area contributed by atoms with Crippen LogP contribution in [-0.4, -0.2) is 68.5 Å². The molecule has 0 heterocycles. The van der Waals surface area contributed by atoms with Crippen LogP contribution in [0.1, 0.15) is 0 Å². The Kier molecular flexibility index (Phi) is 11.2. The topological polar surface area (TPSA) is 163 Å². The van der Waals surface area contributed by atoms with E-state index in [9.17, 15) is 25.3 Å². The van der Waals surface area contributed by atoms with Gasteiger partial charge in [0.05, 0.1) is 0 Å². The SMILES string of the molecule is O=S(=O)(O)c1cccc2ccccc12.O=S(=O)(O)c1cccc2ccccc12.O=S(=O)(O)c1cccc2ccccc12.[Na]. The van der Waals surface area contributed by atoms with Crippen molar-refractivity contribution in [3.63, 3.8) is 0 Å². The fourth-order valence-corrected chi connectivity index (χ4v) is 6.40. The quantitative estimate of drug-likeness (QED) is 0.157. The van der Waals surface area contributed by atoms with Crippen molar-refractivity contribution in [2.75, 3.05) is 0 Å². The van der Waals surface area contributed by atoms with Crippen molar-refractivity contribution >= 4 is 92.2 Å². The average molecular weight is 648 g/mol. The van der Waals surface area contributed by atoms with E-state index in [1.165, 1.54) is 18.2 Å². The van der Waals surface area contributed by atoms with Gasteiger partial charge in [-0.2, -0.15) is 25.3 Å². The van der Waals surface area contributed by atoms with Gasteiger partial charge in [-0.15, -0.1) is 0 Å². The van der Waals surface area contributed by atoms with E-state index in [-0.39, 0.29) is 44.2 Å². The van der Waals surface area contributed by atoms with Crippen LogP contribution in [0.15, 0.2) is 142 Å². The van der Waals surface area contributed by atoms with E-state index >= 15 is 0 Å². The van der Waals surface area contributed by atoms with Crippen molar-refractivity contribution in [1.29, 1.82) is 0 Å². The van der Waals surface area contributed by atoms with Crippen LogP contribution in [0.3, 0.4) is 0 Å². The van der Waals surface area contributed by atoms with Gasteiger partial charge < -0.3 is 0 Å². The molecule has 43 heavy (non-hydrogen) atoms. The molecule has 0 amide bonds. The van der Waals surface area contributed by atoms with E-state index < -0.39 is 30.4 Å². The summed E-state index contributed by atoms with van der Waals surface area (Å²) in [5.41, 5.74) is 0. The molecular weight excluding hydrogens is 624 g/mol. The van der Waals surface area contributed by atoms with Gasteiger partial charge in [0.2, 0.25) is 0 Å². The van der Waals surface area contributed by atoms with E-state index in [1.807, 2.05) is 18.2 Å². The predicted octanol–water partition coefficient (Wildman–Crippen LogP) is 5.88. The third kappa shape index (κ3) is 8.70. The minimum absolute atomic E-state index is 0. The van der Waals surface area contributed by atoms with Crippen LogP contribution in [0.4, 0.5) is 0 Å². The molecule has 0 bridgehead atoms. The van der Waals surface area contributed by atoms with Gasteiger partial charge in [0.25, 0.3) is 30.4 Å². The molecule has 0 atom stereocenters. The van der Waals surface area contributed by atoms with Crippen LogP contribution < -0.4 is 0 Å². The van der Waals surface area contributed by atoms with Crippen LogP contribution in [0.5, 0.6) is 0 Å². The molecule has 6 rings (SSSR count). The van der Waals surface area contributed by atoms with Gasteiger partial charge in [0.1, 0.15) is 14.7 Å². The Labute approximate surface area is 271 Å². The Balaban J connectivity index is 0.000000175. The van der Waals surface area contributed by atoms with Crippen molar-refractivity contribution < 1.29 is 38.9 Å². The molecule has 1 radical (unpaired) electrons. The number of benzene rings is 6. The molecule has 0 unspecified atom stereocenters. The first-order valence-corrected chi connectivity index (χ1v) is 16.4. The Morgan fingerprint density at radius 3 is 0.767 bits per heavy atom. The van der Waals surface area contributed by atoms with Gasteiger partial charge in [0, 0.05) is 45.7 Å². The third-order valence-electron chi connectivity index (χ3n) is 6.08. The fraction of sp³-hybridized carbons (Fsp3) is 0. The van der Waals surface area contributed by atoms with Gasteiger partial charge >= 0.3 is 0 Å². The zero-order valence-electron chi connectivity index (χ0n) is 22.6. The van der Waals surface area contributed by atoms with Crippen LogP contribution >= 0.6 is 0 Å². The summed E-state index contributed by atoms with van der Waals surface area (Å²) in [6, 6.07) is 35.4. The van der Waals surface area contributed by atoms with Crippen LogP contribution in [-0.2, 0) is 30.4 Å². The summed E-state index contributed by atoms with van der Waals surface area (Å²) < 4.78 is 92.9. The molecule has 0 spiro atoms. The third-order valence-corrected chi connectivity index (χ3v) is 8.82. The monoisotopic (exact) mass is 647 g/mol. The molecule has 0 aliphatic heterocycles. The van der Waals surface area contributed by atoms with Gasteiger partial charge in [-0.05, 0) is 34.4 Å². The van der Waals surface area contributed by atoms with Crippen molar-refractivity contribution in [2.24, 2.45) is 0 Å². The first-order valence-electron chi connectivity index (χ1n) is 12.1. The van der Waals surface area contributed by atoms with Gasteiger partial charge in [-0.1, -0.05) is 109 Å². The average Bonchev–Trinajstić information content (AvgIpc) is 2.95. The summed E-state index contributed by atoms with van der Waals surface area (Å²) in [7, 11) is -12.4. The Morgan fingerprint density at radius 2 is 0.535 bits per heavy atom. The molecule has 217 valence electrons. The minimum atomic E-state index is -4.13. The molecule has 3 N–H and O–H groups in total. The van der Waals surface area contributed by atoms with Crippen molar-refractivity contribution in [1.82, 2.24) is 0 Å². The Hall–Kier alpha value is -3.17. The second kappa shape index (κ2) is 14.1. The maximum atomic E-state index is 11.0. The molecule has 0 saturated carbocycles. The molecule has 0 aliphatic carbocycles. The molecule has 0 saturated heterocycles. The second-order valence-corrected chi connectivity index (χ2v) is 13.0. The zero-order valence-corrected chi connectivity index (χ0v) is 27.1. The van der Waals surface area contributed by atoms with Gasteiger partial charge in [-0.3, -0.25) is 13.7 Å². The number of rotatable bonds is 3. The molecule has 6 aromatic rings. The normalized spacial score (nSPS) is 11.5. The molecule has 0 aromatic heterocycles. The van der Waals surface area contributed by atoms with Crippen LogP contribution in [0, 0.1) is 0 Å². The zero-order chi connectivity index (χ0) is 30.5.